The van der Waals surface area contributed by atoms with Gasteiger partial charge in [0.25, 0.3) is 0 Å². The van der Waals surface area contributed by atoms with Gasteiger partial charge < -0.3 is 0 Å². The molecule has 0 saturated heterocycles. The second-order valence-corrected chi connectivity index (χ2v) is 6.90. The van der Waals surface area contributed by atoms with Crippen LogP contribution < -0.4 is 0 Å². The molecule has 1 aromatic carbocycles. The largest absolute Gasteiger partial charge is 0.205 e. The molecule has 0 amide bonds. The molecule has 2 heteroatoms. The predicted molar refractivity (Wildman–Crippen MR) is 82.4 cm³/mol. The normalized spacial score (nSPS) is 28.5. The van der Waals surface area contributed by atoms with Gasteiger partial charge in [0, 0.05) is 0 Å². The van der Waals surface area contributed by atoms with E-state index in [1.165, 1.54) is 51.4 Å². The van der Waals surface area contributed by atoms with Crippen LogP contribution in [-0.4, -0.2) is 0 Å². The summed E-state index contributed by atoms with van der Waals surface area (Å²) in [5.41, 5.74) is 1.14. The number of hydrogen-bond acceptors (Lipinski definition) is 0. The van der Waals surface area contributed by atoms with E-state index in [1.54, 1.807) is 12.1 Å². The lowest BCUT2D eigenvalue weighted by Gasteiger charge is -2.36. The summed E-state index contributed by atoms with van der Waals surface area (Å²) in [5.74, 6) is 2.13. The minimum atomic E-state index is -0.269. The monoisotopic (exact) mass is 293 g/mol. The molecule has 2 saturated carbocycles. The summed E-state index contributed by atoms with van der Waals surface area (Å²) in [6.45, 7) is 0. The van der Waals surface area contributed by atoms with E-state index in [0.717, 1.165) is 17.4 Å². The molecule has 2 fully saturated rings. The fourth-order valence-electron chi connectivity index (χ4n) is 4.11. The van der Waals surface area contributed by atoms with Gasteiger partial charge in [-0.15, -0.1) is 0 Å². The Morgan fingerprint density at radius 1 is 0.900 bits per heavy atom. The lowest BCUT2D eigenvalue weighted by Crippen LogP contribution is -2.23. The van der Waals surface area contributed by atoms with Crippen molar-refractivity contribution >= 4 is 11.6 Å². The third kappa shape index (κ3) is 3.19. The maximum Gasteiger partial charge on any atom is 0.142 e. The Kier molecular flexibility index (Phi) is 4.65. The summed E-state index contributed by atoms with van der Waals surface area (Å²) >= 11 is 5.77. The summed E-state index contributed by atoms with van der Waals surface area (Å²) in [6, 6.07) is 5.35. The van der Waals surface area contributed by atoms with Crippen molar-refractivity contribution in [2.24, 2.45) is 11.8 Å². The number of halogens is 2. The maximum absolute atomic E-state index is 13.6. The van der Waals surface area contributed by atoms with Gasteiger partial charge in [-0.2, -0.15) is 0 Å². The quantitative estimate of drug-likeness (QED) is 0.613. The molecular weight excluding hydrogens is 271 g/mol. The number of rotatable bonds is 2. The van der Waals surface area contributed by atoms with Crippen molar-refractivity contribution < 1.29 is 4.39 Å². The number of hydrogen-bond donors (Lipinski definition) is 0. The van der Waals surface area contributed by atoms with Crippen molar-refractivity contribution in [3.05, 3.63) is 41.0 Å². The van der Waals surface area contributed by atoms with Crippen LogP contribution in [0.25, 0.3) is 0 Å². The van der Waals surface area contributed by atoms with Gasteiger partial charge in [-0.1, -0.05) is 17.7 Å². The fraction of sp³-hybridized carbons (Fsp3) is 0.611. The third-order valence-corrected chi connectivity index (χ3v) is 5.64. The van der Waals surface area contributed by atoms with Crippen molar-refractivity contribution in [2.75, 3.05) is 0 Å². The highest BCUT2D eigenvalue weighted by Crippen LogP contribution is 2.43. The van der Waals surface area contributed by atoms with Gasteiger partial charge in [-0.25, -0.2) is 4.39 Å². The maximum atomic E-state index is 13.6. The summed E-state index contributed by atoms with van der Waals surface area (Å²) in [5, 5.41) is 0.237. The zero-order valence-corrected chi connectivity index (χ0v) is 12.7. The summed E-state index contributed by atoms with van der Waals surface area (Å²) < 4.78 is 13.6. The molecule has 0 aromatic heterocycles. The lowest BCUT2D eigenvalue weighted by atomic mass is 9.70. The molecule has 1 radical (unpaired) electrons. The van der Waals surface area contributed by atoms with Gasteiger partial charge in [-0.3, -0.25) is 0 Å². The van der Waals surface area contributed by atoms with Crippen LogP contribution >= 0.6 is 11.6 Å². The molecule has 0 nitrogen and oxygen atoms in total. The van der Waals surface area contributed by atoms with Crippen molar-refractivity contribution in [3.8, 4) is 0 Å². The summed E-state index contributed by atoms with van der Waals surface area (Å²) in [6.07, 6.45) is 12.9. The molecule has 0 atom stereocenters. The Morgan fingerprint density at radius 2 is 1.55 bits per heavy atom. The Morgan fingerprint density at radius 3 is 2.20 bits per heavy atom. The molecule has 0 aliphatic heterocycles. The lowest BCUT2D eigenvalue weighted by molar-refractivity contribution is 0.199. The van der Waals surface area contributed by atoms with Crippen LogP contribution in [-0.2, 0) is 0 Å². The SMILES string of the molecule is Fc1cc([C@H]2CC[C@H](C3CC[CH]CC3)CC2)ccc1Cl. The van der Waals surface area contributed by atoms with E-state index in [9.17, 15) is 4.39 Å². The summed E-state index contributed by atoms with van der Waals surface area (Å²) in [4.78, 5) is 0. The van der Waals surface area contributed by atoms with E-state index < -0.39 is 0 Å². The van der Waals surface area contributed by atoms with Crippen molar-refractivity contribution in [3.63, 3.8) is 0 Å². The average Bonchev–Trinajstić information content (AvgIpc) is 2.51. The first-order valence-electron chi connectivity index (χ1n) is 8.00. The highest BCUT2D eigenvalue weighted by Gasteiger charge is 2.29. The summed E-state index contributed by atoms with van der Waals surface area (Å²) in [7, 11) is 0. The van der Waals surface area contributed by atoms with Gasteiger partial charge in [0.2, 0.25) is 0 Å². The molecule has 0 unspecified atom stereocenters. The third-order valence-electron chi connectivity index (χ3n) is 5.34. The zero-order valence-electron chi connectivity index (χ0n) is 12.0. The van der Waals surface area contributed by atoms with Crippen LogP contribution in [0.4, 0.5) is 4.39 Å². The van der Waals surface area contributed by atoms with Gasteiger partial charge in [0.15, 0.2) is 0 Å². The van der Waals surface area contributed by atoms with Gasteiger partial charge in [0.05, 0.1) is 5.02 Å². The molecule has 0 bridgehead atoms. The van der Waals surface area contributed by atoms with Crippen molar-refractivity contribution in [1.82, 2.24) is 0 Å². The molecule has 0 heterocycles. The molecule has 3 rings (SSSR count). The standard InChI is InChI=1S/C18H23ClF/c19-17-11-10-16(12-18(17)20)15-8-6-14(7-9-15)13-4-2-1-3-5-13/h1,10-15H,2-9H2/t14-,15-. The van der Waals surface area contributed by atoms with Crippen LogP contribution in [0, 0.1) is 24.1 Å². The van der Waals surface area contributed by atoms with Crippen molar-refractivity contribution in [2.45, 2.75) is 57.3 Å². The van der Waals surface area contributed by atoms with E-state index in [0.29, 0.717) is 5.92 Å². The minimum absolute atomic E-state index is 0.237. The molecule has 109 valence electrons. The highest BCUT2D eigenvalue weighted by molar-refractivity contribution is 6.30. The molecule has 20 heavy (non-hydrogen) atoms. The second-order valence-electron chi connectivity index (χ2n) is 6.49. The zero-order chi connectivity index (χ0) is 13.9. The molecular formula is C18H23ClF. The minimum Gasteiger partial charge on any atom is -0.205 e. The molecule has 1 aromatic rings. The first-order valence-corrected chi connectivity index (χ1v) is 8.38. The molecule has 0 N–H and O–H groups in total. The molecule has 2 aliphatic carbocycles. The van der Waals surface area contributed by atoms with E-state index in [1.807, 2.05) is 6.07 Å². The van der Waals surface area contributed by atoms with Crippen LogP contribution in [0.15, 0.2) is 18.2 Å². The second kappa shape index (κ2) is 6.47. The highest BCUT2D eigenvalue weighted by atomic mass is 35.5. The van der Waals surface area contributed by atoms with Crippen LogP contribution in [0.2, 0.25) is 5.02 Å². The van der Waals surface area contributed by atoms with E-state index in [4.69, 9.17) is 11.6 Å². The van der Waals surface area contributed by atoms with Crippen LogP contribution in [0.3, 0.4) is 0 Å². The Balaban J connectivity index is 1.58. The van der Waals surface area contributed by atoms with E-state index in [-0.39, 0.29) is 10.8 Å². The molecule has 2 aliphatic rings. The van der Waals surface area contributed by atoms with Crippen molar-refractivity contribution in [1.29, 1.82) is 0 Å². The Hall–Kier alpha value is -0.560. The first-order chi connectivity index (χ1) is 9.74. The Labute approximate surface area is 126 Å². The smallest absolute Gasteiger partial charge is 0.142 e. The topological polar surface area (TPSA) is 0 Å². The van der Waals surface area contributed by atoms with Gasteiger partial charge in [0.1, 0.15) is 5.82 Å². The van der Waals surface area contributed by atoms with Gasteiger partial charge >= 0.3 is 0 Å². The predicted octanol–water partition coefficient (Wildman–Crippen LogP) is 6.15. The number of benzene rings is 1. The Bertz CT molecular complexity index is 443. The van der Waals surface area contributed by atoms with Crippen LogP contribution in [0.1, 0.15) is 62.8 Å². The first kappa shape index (κ1) is 14.4. The molecule has 0 spiro atoms. The van der Waals surface area contributed by atoms with Gasteiger partial charge in [-0.05, 0) is 93.2 Å². The van der Waals surface area contributed by atoms with E-state index in [2.05, 4.69) is 6.42 Å². The van der Waals surface area contributed by atoms with Crippen LogP contribution in [0.5, 0.6) is 0 Å². The average molecular weight is 294 g/mol. The fourth-order valence-corrected chi connectivity index (χ4v) is 4.23. The van der Waals surface area contributed by atoms with E-state index >= 15 is 0 Å².